The fraction of sp³-hybridized carbons (Fsp3) is 0.481. The fourth-order valence-corrected chi connectivity index (χ4v) is 4.83. The van der Waals surface area contributed by atoms with Gasteiger partial charge >= 0.3 is 0 Å². The maximum atomic E-state index is 13.7. The average molecular weight is 497 g/mol. The molecule has 1 aromatic carbocycles. The van der Waals surface area contributed by atoms with Crippen LogP contribution in [-0.2, 0) is 19.1 Å². The molecule has 36 heavy (non-hydrogen) atoms. The van der Waals surface area contributed by atoms with E-state index < -0.39 is 11.9 Å². The Morgan fingerprint density at radius 2 is 1.81 bits per heavy atom. The Balaban J connectivity index is 1.53. The molecule has 0 unspecified atom stereocenters. The predicted molar refractivity (Wildman–Crippen MR) is 132 cm³/mol. The summed E-state index contributed by atoms with van der Waals surface area (Å²) in [5, 5.41) is 5.78. The summed E-state index contributed by atoms with van der Waals surface area (Å²) in [6, 6.07) is 9.95. The molecular weight excluding hydrogens is 463 g/mol. The lowest BCUT2D eigenvalue weighted by Gasteiger charge is -2.34. The normalized spacial score (nSPS) is 18.5. The Kier molecular flexibility index (Phi) is 9.00. The Morgan fingerprint density at radius 3 is 2.47 bits per heavy atom. The molecule has 2 atom stereocenters. The van der Waals surface area contributed by atoms with Crippen LogP contribution in [0.4, 0.5) is 10.2 Å². The van der Waals surface area contributed by atoms with Crippen LogP contribution in [0.5, 0.6) is 0 Å². The molecule has 8 nitrogen and oxygen atoms in total. The van der Waals surface area contributed by atoms with Crippen molar-refractivity contribution in [1.29, 1.82) is 0 Å². The van der Waals surface area contributed by atoms with Crippen molar-refractivity contribution >= 4 is 23.5 Å². The lowest BCUT2D eigenvalue weighted by atomic mass is 10.0. The molecule has 2 aromatic rings. The maximum absolute atomic E-state index is 13.7. The Bertz CT molecular complexity index is 1020. The third-order valence-corrected chi connectivity index (χ3v) is 6.69. The smallest absolute Gasteiger partial charge is 0.247 e. The molecule has 1 saturated carbocycles. The van der Waals surface area contributed by atoms with Crippen molar-refractivity contribution in [3.8, 4) is 0 Å². The van der Waals surface area contributed by atoms with Crippen molar-refractivity contribution in [3.63, 3.8) is 0 Å². The van der Waals surface area contributed by atoms with Crippen LogP contribution in [0.1, 0.15) is 63.0 Å². The van der Waals surface area contributed by atoms with Gasteiger partial charge in [-0.2, -0.15) is 0 Å². The summed E-state index contributed by atoms with van der Waals surface area (Å²) in [6.07, 6.45) is 6.80. The van der Waals surface area contributed by atoms with E-state index >= 15 is 0 Å². The summed E-state index contributed by atoms with van der Waals surface area (Å²) in [5.74, 6) is -0.980. The Labute approximate surface area is 210 Å². The Morgan fingerprint density at radius 1 is 1.03 bits per heavy atom. The van der Waals surface area contributed by atoms with Crippen LogP contribution in [0.15, 0.2) is 48.7 Å². The summed E-state index contributed by atoms with van der Waals surface area (Å²) in [5.41, 5.74) is 0.524. The number of hydrogen-bond donors (Lipinski definition) is 2. The molecule has 0 bridgehead atoms. The number of nitrogens with zero attached hydrogens (tertiary/aromatic N) is 2. The van der Waals surface area contributed by atoms with Crippen LogP contribution in [0.2, 0.25) is 0 Å². The third-order valence-electron chi connectivity index (χ3n) is 6.69. The van der Waals surface area contributed by atoms with Gasteiger partial charge in [0.1, 0.15) is 17.7 Å². The van der Waals surface area contributed by atoms with Crippen LogP contribution in [0.3, 0.4) is 0 Å². The van der Waals surface area contributed by atoms with Gasteiger partial charge in [-0.3, -0.25) is 14.4 Å². The number of carbonyl (C=O) groups is 3. The van der Waals surface area contributed by atoms with Gasteiger partial charge in [-0.1, -0.05) is 31.0 Å². The largest absolute Gasteiger partial charge is 0.376 e. The van der Waals surface area contributed by atoms with Crippen LogP contribution >= 0.6 is 0 Å². The molecule has 4 rings (SSSR count). The molecule has 1 aromatic heterocycles. The van der Waals surface area contributed by atoms with Crippen LogP contribution in [0.25, 0.3) is 0 Å². The van der Waals surface area contributed by atoms with Crippen molar-refractivity contribution in [1.82, 2.24) is 15.2 Å². The highest BCUT2D eigenvalue weighted by Crippen LogP contribution is 2.27. The van der Waals surface area contributed by atoms with E-state index in [1.807, 2.05) is 0 Å². The number of rotatable bonds is 10. The highest BCUT2D eigenvalue weighted by Gasteiger charge is 2.35. The zero-order valence-corrected chi connectivity index (χ0v) is 20.3. The van der Waals surface area contributed by atoms with Crippen LogP contribution in [-0.4, -0.2) is 52.9 Å². The first-order valence-corrected chi connectivity index (χ1v) is 12.7. The number of pyridine rings is 1. The first-order valence-electron chi connectivity index (χ1n) is 12.7. The van der Waals surface area contributed by atoms with Gasteiger partial charge < -0.3 is 20.3 Å². The monoisotopic (exact) mass is 496 g/mol. The number of anilines is 1. The minimum Gasteiger partial charge on any atom is -0.376 e. The Hall–Kier alpha value is -3.33. The van der Waals surface area contributed by atoms with E-state index in [2.05, 4.69) is 15.6 Å². The highest BCUT2D eigenvalue weighted by atomic mass is 19.1. The van der Waals surface area contributed by atoms with E-state index in [9.17, 15) is 18.8 Å². The summed E-state index contributed by atoms with van der Waals surface area (Å²) in [6.45, 7) is 0.829. The molecule has 2 heterocycles. The number of amides is 3. The second-order valence-corrected chi connectivity index (χ2v) is 9.39. The molecule has 2 fully saturated rings. The molecule has 1 aliphatic carbocycles. The van der Waals surface area contributed by atoms with Gasteiger partial charge in [0.2, 0.25) is 17.7 Å². The van der Waals surface area contributed by atoms with E-state index in [4.69, 9.17) is 4.74 Å². The zero-order valence-electron chi connectivity index (χ0n) is 20.3. The molecule has 9 heteroatoms. The number of nitrogens with one attached hydrogen (secondary N) is 2. The first kappa shape index (κ1) is 25.8. The van der Waals surface area contributed by atoms with Gasteiger partial charge in [-0.05, 0) is 55.5 Å². The SMILES string of the molecule is O=C(CCC(=O)N(C[C@H]1CCCO1)[C@H](C(=O)NC1CCCC1)c1ccc(F)cc1)Nc1ccccn1. The van der Waals surface area contributed by atoms with Gasteiger partial charge in [0.05, 0.1) is 6.10 Å². The summed E-state index contributed by atoms with van der Waals surface area (Å²) in [4.78, 5) is 45.1. The van der Waals surface area contributed by atoms with Crippen molar-refractivity contribution in [2.45, 2.75) is 69.6 Å². The summed E-state index contributed by atoms with van der Waals surface area (Å²) in [7, 11) is 0. The summed E-state index contributed by atoms with van der Waals surface area (Å²) >= 11 is 0. The quantitative estimate of drug-likeness (QED) is 0.522. The number of carbonyl (C=O) groups excluding carboxylic acids is 3. The third kappa shape index (κ3) is 7.10. The molecule has 192 valence electrons. The second kappa shape index (κ2) is 12.6. The molecule has 1 saturated heterocycles. The van der Waals surface area contributed by atoms with E-state index in [1.165, 1.54) is 29.2 Å². The van der Waals surface area contributed by atoms with Gasteiger partial charge in [-0.15, -0.1) is 0 Å². The molecule has 2 aliphatic rings. The molecule has 3 amide bonds. The van der Waals surface area contributed by atoms with Gasteiger partial charge in [-0.25, -0.2) is 9.37 Å². The average Bonchev–Trinajstić information content (AvgIpc) is 3.58. The molecule has 1 aliphatic heterocycles. The maximum Gasteiger partial charge on any atom is 0.247 e. The number of aromatic nitrogens is 1. The predicted octanol–water partition coefficient (Wildman–Crippen LogP) is 3.75. The van der Waals surface area contributed by atoms with Crippen LogP contribution < -0.4 is 10.6 Å². The topological polar surface area (TPSA) is 101 Å². The van der Waals surface area contributed by atoms with Crippen molar-refractivity contribution in [2.75, 3.05) is 18.5 Å². The molecule has 2 N–H and O–H groups in total. The first-order chi connectivity index (χ1) is 17.5. The van der Waals surface area contributed by atoms with Crippen molar-refractivity contribution < 1.29 is 23.5 Å². The number of ether oxygens (including phenoxy) is 1. The minimum atomic E-state index is -0.943. The lowest BCUT2D eigenvalue weighted by Crippen LogP contribution is -2.48. The number of benzene rings is 1. The number of halogens is 1. The van der Waals surface area contributed by atoms with Gasteiger partial charge in [0.25, 0.3) is 0 Å². The van der Waals surface area contributed by atoms with E-state index in [0.717, 1.165) is 38.5 Å². The van der Waals surface area contributed by atoms with E-state index in [1.54, 1.807) is 24.4 Å². The molecular formula is C27H33FN4O4. The van der Waals surface area contributed by atoms with Crippen LogP contribution in [0, 0.1) is 5.82 Å². The van der Waals surface area contributed by atoms with Gasteiger partial charge in [0, 0.05) is 38.2 Å². The van der Waals surface area contributed by atoms with Crippen molar-refractivity contribution in [3.05, 3.63) is 60.0 Å². The lowest BCUT2D eigenvalue weighted by molar-refractivity contribution is -0.143. The number of hydrogen-bond acceptors (Lipinski definition) is 5. The fourth-order valence-electron chi connectivity index (χ4n) is 4.83. The van der Waals surface area contributed by atoms with Gasteiger partial charge in [0.15, 0.2) is 0 Å². The van der Waals surface area contributed by atoms with E-state index in [-0.39, 0.29) is 49.3 Å². The molecule has 0 radical (unpaired) electrons. The summed E-state index contributed by atoms with van der Waals surface area (Å²) < 4.78 is 19.5. The van der Waals surface area contributed by atoms with E-state index in [0.29, 0.717) is 18.0 Å². The second-order valence-electron chi connectivity index (χ2n) is 9.39. The van der Waals surface area contributed by atoms with Crippen molar-refractivity contribution in [2.24, 2.45) is 0 Å². The minimum absolute atomic E-state index is 0.0577. The standard InChI is InChI=1S/C27H33FN4O4/c28-20-12-10-19(11-13-20)26(27(35)30-21-6-1-2-7-21)32(18-22-8-5-17-36-22)25(34)15-14-24(33)31-23-9-3-4-16-29-23/h3-4,9-13,16,21-22,26H,1-2,5-8,14-15,17-18H2,(H,30,35)(H,29,31,33)/t22-,26+/m1/s1. The highest BCUT2D eigenvalue weighted by molar-refractivity contribution is 5.94. The molecule has 0 spiro atoms. The zero-order chi connectivity index (χ0) is 25.3.